The first kappa shape index (κ1) is 19.1. The van der Waals surface area contributed by atoms with Crippen LogP contribution in [-0.4, -0.2) is 32.1 Å². The van der Waals surface area contributed by atoms with Gasteiger partial charge in [-0.15, -0.1) is 0 Å². The number of nitrogens with zero attached hydrogens (tertiary/aromatic N) is 1. The topological polar surface area (TPSA) is 41.6 Å². The second-order valence-electron chi connectivity index (χ2n) is 5.85. The van der Waals surface area contributed by atoms with Crippen LogP contribution in [0.3, 0.4) is 0 Å². The molecular weight excluding hydrogens is 336 g/mol. The van der Waals surface area contributed by atoms with Crippen molar-refractivity contribution < 1.29 is 9.53 Å². The molecule has 0 spiro atoms. The molecule has 134 valence electrons. The van der Waals surface area contributed by atoms with Crippen molar-refractivity contribution in [2.45, 2.75) is 25.9 Å². The van der Waals surface area contributed by atoms with Crippen molar-refractivity contribution in [2.24, 2.45) is 0 Å². The Morgan fingerprint density at radius 3 is 2.52 bits per heavy atom. The first-order valence-electron chi connectivity index (χ1n) is 8.57. The number of benzene rings is 2. The Bertz CT molecular complexity index is 664. The van der Waals surface area contributed by atoms with Gasteiger partial charge in [0.2, 0.25) is 0 Å². The lowest BCUT2D eigenvalue weighted by Crippen LogP contribution is -2.39. The summed E-state index contributed by atoms with van der Waals surface area (Å²) in [7, 11) is 2.05. The third-order valence-corrected chi connectivity index (χ3v) is 4.25. The van der Waals surface area contributed by atoms with Gasteiger partial charge in [0.15, 0.2) is 6.10 Å². The largest absolute Gasteiger partial charge is 0.479 e. The maximum Gasteiger partial charge on any atom is 0.261 e. The van der Waals surface area contributed by atoms with Gasteiger partial charge in [-0.25, -0.2) is 0 Å². The van der Waals surface area contributed by atoms with Gasteiger partial charge < -0.3 is 15.0 Å². The number of amides is 1. The summed E-state index contributed by atoms with van der Waals surface area (Å²) >= 11 is 6.09. The minimum absolute atomic E-state index is 0.107. The Kier molecular flexibility index (Phi) is 7.61. The van der Waals surface area contributed by atoms with E-state index in [9.17, 15) is 4.79 Å². The number of carbonyl (C=O) groups is 1. The molecule has 0 aliphatic carbocycles. The van der Waals surface area contributed by atoms with E-state index in [4.69, 9.17) is 16.3 Å². The molecule has 2 rings (SSSR count). The molecular formula is C20H25ClN2O2. The zero-order valence-electron chi connectivity index (χ0n) is 14.7. The SMILES string of the molecule is CC[C@@H](Oc1ccccc1Cl)C(=O)NCCCN(C)c1ccccc1. The van der Waals surface area contributed by atoms with E-state index in [2.05, 4.69) is 22.3 Å². The Morgan fingerprint density at radius 2 is 1.84 bits per heavy atom. The molecule has 4 nitrogen and oxygen atoms in total. The highest BCUT2D eigenvalue weighted by Crippen LogP contribution is 2.24. The number of anilines is 1. The number of para-hydroxylation sites is 2. The van der Waals surface area contributed by atoms with E-state index in [0.29, 0.717) is 23.7 Å². The van der Waals surface area contributed by atoms with Crippen LogP contribution >= 0.6 is 11.6 Å². The van der Waals surface area contributed by atoms with E-state index in [1.807, 2.05) is 44.3 Å². The molecule has 0 saturated carbocycles. The zero-order valence-corrected chi connectivity index (χ0v) is 15.5. The van der Waals surface area contributed by atoms with Crippen LogP contribution in [0, 0.1) is 0 Å². The molecule has 1 N–H and O–H groups in total. The average Bonchev–Trinajstić information content (AvgIpc) is 2.65. The summed E-state index contributed by atoms with van der Waals surface area (Å²) in [6.45, 7) is 3.40. The second kappa shape index (κ2) is 9.94. The molecule has 0 radical (unpaired) electrons. The van der Waals surface area contributed by atoms with Crippen molar-refractivity contribution in [1.82, 2.24) is 5.32 Å². The highest BCUT2D eigenvalue weighted by molar-refractivity contribution is 6.32. The van der Waals surface area contributed by atoms with Crippen molar-refractivity contribution in [3.05, 3.63) is 59.6 Å². The quantitative estimate of drug-likeness (QED) is 0.683. The lowest BCUT2D eigenvalue weighted by atomic mass is 10.2. The van der Waals surface area contributed by atoms with Gasteiger partial charge in [-0.3, -0.25) is 4.79 Å². The van der Waals surface area contributed by atoms with Crippen LogP contribution < -0.4 is 15.0 Å². The number of rotatable bonds is 9. The molecule has 0 saturated heterocycles. The van der Waals surface area contributed by atoms with Crippen LogP contribution in [0.5, 0.6) is 5.75 Å². The van der Waals surface area contributed by atoms with Crippen molar-refractivity contribution in [2.75, 3.05) is 25.0 Å². The predicted molar refractivity (Wildman–Crippen MR) is 103 cm³/mol. The maximum absolute atomic E-state index is 12.3. The van der Waals surface area contributed by atoms with Crippen molar-refractivity contribution in [3.63, 3.8) is 0 Å². The van der Waals surface area contributed by atoms with E-state index < -0.39 is 6.10 Å². The zero-order chi connectivity index (χ0) is 18.1. The third-order valence-electron chi connectivity index (χ3n) is 3.94. The summed E-state index contributed by atoms with van der Waals surface area (Å²) in [5.41, 5.74) is 1.17. The van der Waals surface area contributed by atoms with E-state index in [0.717, 1.165) is 13.0 Å². The molecule has 2 aromatic rings. The van der Waals surface area contributed by atoms with E-state index in [-0.39, 0.29) is 5.91 Å². The molecule has 0 aromatic heterocycles. The van der Waals surface area contributed by atoms with Crippen LogP contribution in [0.15, 0.2) is 54.6 Å². The normalized spacial score (nSPS) is 11.6. The second-order valence-corrected chi connectivity index (χ2v) is 6.25. The minimum Gasteiger partial charge on any atom is -0.479 e. The Balaban J connectivity index is 1.75. The molecule has 2 aromatic carbocycles. The molecule has 0 unspecified atom stereocenters. The van der Waals surface area contributed by atoms with Crippen molar-refractivity contribution >= 4 is 23.2 Å². The number of nitrogens with one attached hydrogen (secondary N) is 1. The molecule has 0 aliphatic heterocycles. The molecule has 0 bridgehead atoms. The number of halogens is 1. The van der Waals surface area contributed by atoms with Gasteiger partial charge >= 0.3 is 0 Å². The van der Waals surface area contributed by atoms with Gasteiger partial charge in [-0.1, -0.05) is 48.9 Å². The first-order chi connectivity index (χ1) is 12.1. The Hall–Kier alpha value is -2.20. The van der Waals surface area contributed by atoms with Gasteiger partial charge in [-0.2, -0.15) is 0 Å². The van der Waals surface area contributed by atoms with Gasteiger partial charge in [0.05, 0.1) is 5.02 Å². The summed E-state index contributed by atoms with van der Waals surface area (Å²) < 4.78 is 5.75. The van der Waals surface area contributed by atoms with Gasteiger partial charge in [0, 0.05) is 25.8 Å². The van der Waals surface area contributed by atoms with Gasteiger partial charge in [0.25, 0.3) is 5.91 Å². The highest BCUT2D eigenvalue weighted by atomic mass is 35.5. The number of hydrogen-bond acceptors (Lipinski definition) is 3. The third kappa shape index (κ3) is 5.98. The van der Waals surface area contributed by atoms with Crippen LogP contribution in [0.1, 0.15) is 19.8 Å². The fourth-order valence-electron chi connectivity index (χ4n) is 2.47. The van der Waals surface area contributed by atoms with Crippen LogP contribution in [-0.2, 0) is 4.79 Å². The average molecular weight is 361 g/mol. The predicted octanol–water partition coefficient (Wildman–Crippen LogP) is 4.14. The lowest BCUT2D eigenvalue weighted by molar-refractivity contribution is -0.128. The standard InChI is InChI=1S/C20H25ClN2O2/c1-3-18(25-19-13-8-7-12-17(19)21)20(24)22-14-9-15-23(2)16-10-5-4-6-11-16/h4-8,10-13,18H,3,9,14-15H2,1-2H3,(H,22,24)/t18-/m1/s1. The Morgan fingerprint density at radius 1 is 1.16 bits per heavy atom. The van der Waals surface area contributed by atoms with Crippen LogP contribution in [0.2, 0.25) is 5.02 Å². The maximum atomic E-state index is 12.3. The molecule has 0 heterocycles. The number of ether oxygens (including phenoxy) is 1. The van der Waals surface area contributed by atoms with Crippen LogP contribution in [0.4, 0.5) is 5.69 Å². The molecule has 1 amide bonds. The summed E-state index contributed by atoms with van der Waals surface area (Å²) in [4.78, 5) is 14.5. The molecule has 0 fully saturated rings. The van der Waals surface area contributed by atoms with Gasteiger partial charge in [0.1, 0.15) is 5.75 Å². The Labute approximate surface area is 154 Å². The number of carbonyl (C=O) groups excluding carboxylic acids is 1. The molecule has 25 heavy (non-hydrogen) atoms. The highest BCUT2D eigenvalue weighted by Gasteiger charge is 2.18. The first-order valence-corrected chi connectivity index (χ1v) is 8.94. The summed E-state index contributed by atoms with van der Waals surface area (Å²) in [5, 5.41) is 3.46. The van der Waals surface area contributed by atoms with E-state index in [1.54, 1.807) is 12.1 Å². The fourth-order valence-corrected chi connectivity index (χ4v) is 2.65. The van der Waals surface area contributed by atoms with Gasteiger partial charge in [-0.05, 0) is 37.1 Å². The molecule has 0 aliphatic rings. The molecule has 5 heteroatoms. The van der Waals surface area contributed by atoms with Crippen LogP contribution in [0.25, 0.3) is 0 Å². The van der Waals surface area contributed by atoms with Crippen molar-refractivity contribution in [1.29, 1.82) is 0 Å². The van der Waals surface area contributed by atoms with E-state index in [1.165, 1.54) is 5.69 Å². The fraction of sp³-hybridized carbons (Fsp3) is 0.350. The van der Waals surface area contributed by atoms with Crippen molar-refractivity contribution in [3.8, 4) is 5.75 Å². The minimum atomic E-state index is -0.535. The monoisotopic (exact) mass is 360 g/mol. The number of hydrogen-bond donors (Lipinski definition) is 1. The summed E-state index contributed by atoms with van der Waals surface area (Å²) in [5.74, 6) is 0.430. The lowest BCUT2D eigenvalue weighted by Gasteiger charge is -2.20. The van der Waals surface area contributed by atoms with E-state index >= 15 is 0 Å². The summed E-state index contributed by atoms with van der Waals surface area (Å²) in [6.07, 6.45) is 0.910. The summed E-state index contributed by atoms with van der Waals surface area (Å²) in [6, 6.07) is 17.4. The smallest absolute Gasteiger partial charge is 0.261 e. The molecule has 1 atom stereocenters.